The predicted molar refractivity (Wildman–Crippen MR) is 90.5 cm³/mol. The Hall–Kier alpha value is -2.34. The lowest BCUT2D eigenvalue weighted by molar-refractivity contribution is -0.118. The number of nitrogens with zero attached hydrogens (tertiary/aromatic N) is 1. The van der Waals surface area contributed by atoms with Gasteiger partial charge in [-0.2, -0.15) is 5.10 Å². The van der Waals surface area contributed by atoms with Crippen molar-refractivity contribution in [1.82, 2.24) is 5.43 Å². The first-order chi connectivity index (χ1) is 11.1. The van der Waals surface area contributed by atoms with Crippen molar-refractivity contribution in [2.75, 3.05) is 12.9 Å². The number of carbonyl (C=O) groups excluding carboxylic acids is 1. The number of benzene rings is 2. The molecule has 2 aromatic rings. The van der Waals surface area contributed by atoms with Crippen LogP contribution in [-0.2, 0) is 4.79 Å². The van der Waals surface area contributed by atoms with Gasteiger partial charge in [0.2, 0.25) is 5.91 Å². The number of amides is 1. The van der Waals surface area contributed by atoms with Gasteiger partial charge < -0.3 is 4.74 Å². The molecule has 0 aliphatic carbocycles. The summed E-state index contributed by atoms with van der Waals surface area (Å²) in [4.78, 5) is 12.2. The van der Waals surface area contributed by atoms with Crippen LogP contribution in [0.5, 0.6) is 5.75 Å². The molecule has 0 aliphatic rings. The molecule has 4 nitrogen and oxygen atoms in total. The summed E-state index contributed by atoms with van der Waals surface area (Å²) in [7, 11) is 1.60. The van der Waals surface area contributed by atoms with Gasteiger partial charge >= 0.3 is 0 Å². The number of ether oxygens (including phenoxy) is 1. The molecule has 0 unspecified atom stereocenters. The molecule has 0 aliphatic heterocycles. The molecule has 0 radical (unpaired) electrons. The van der Waals surface area contributed by atoms with Crippen molar-refractivity contribution in [3.63, 3.8) is 0 Å². The van der Waals surface area contributed by atoms with E-state index in [9.17, 15) is 9.18 Å². The average molecular weight is 332 g/mol. The molecular weight excluding hydrogens is 315 g/mol. The first-order valence-electron chi connectivity index (χ1n) is 6.95. The fourth-order valence-corrected chi connectivity index (χ4v) is 2.51. The molecule has 0 saturated heterocycles. The van der Waals surface area contributed by atoms with Gasteiger partial charge in [0.25, 0.3) is 0 Å². The van der Waals surface area contributed by atoms with Crippen molar-refractivity contribution in [1.29, 1.82) is 0 Å². The highest BCUT2D eigenvalue weighted by Gasteiger charge is 2.06. The molecular formula is C17H17FN2O2S. The second-order valence-electron chi connectivity index (χ2n) is 4.68. The number of carbonyl (C=O) groups is 1. The minimum absolute atomic E-state index is 0.0975. The van der Waals surface area contributed by atoms with E-state index in [1.54, 1.807) is 32.2 Å². The number of nitrogens with one attached hydrogen (secondary N) is 1. The van der Waals surface area contributed by atoms with Gasteiger partial charge in [-0.1, -0.05) is 12.1 Å². The van der Waals surface area contributed by atoms with Gasteiger partial charge in [0.1, 0.15) is 11.6 Å². The molecule has 0 fully saturated rings. The molecule has 0 aromatic heterocycles. The van der Waals surface area contributed by atoms with E-state index >= 15 is 0 Å². The van der Waals surface area contributed by atoms with Gasteiger partial charge in [0, 0.05) is 4.90 Å². The Labute approximate surface area is 138 Å². The average Bonchev–Trinajstić information content (AvgIpc) is 2.59. The Morgan fingerprint density at radius 2 is 1.91 bits per heavy atom. The van der Waals surface area contributed by atoms with Crippen molar-refractivity contribution in [2.45, 2.75) is 11.8 Å². The molecule has 0 saturated carbocycles. The zero-order valence-corrected chi connectivity index (χ0v) is 13.7. The number of hydrazone groups is 1. The summed E-state index contributed by atoms with van der Waals surface area (Å²) in [5, 5.41) is 4.05. The third kappa shape index (κ3) is 5.10. The van der Waals surface area contributed by atoms with Crippen molar-refractivity contribution in [2.24, 2.45) is 5.10 Å². The van der Waals surface area contributed by atoms with Crippen molar-refractivity contribution < 1.29 is 13.9 Å². The van der Waals surface area contributed by atoms with Crippen LogP contribution in [0.15, 0.2) is 58.5 Å². The van der Waals surface area contributed by atoms with Crippen LogP contribution in [0.2, 0.25) is 0 Å². The second kappa shape index (κ2) is 8.33. The Balaban J connectivity index is 1.88. The maximum atomic E-state index is 13.4. The normalized spacial score (nSPS) is 11.2. The Morgan fingerprint density at radius 3 is 2.57 bits per heavy atom. The van der Waals surface area contributed by atoms with E-state index in [1.165, 1.54) is 6.07 Å². The Kier molecular flexibility index (Phi) is 6.17. The molecule has 0 bridgehead atoms. The van der Waals surface area contributed by atoms with E-state index in [-0.39, 0.29) is 17.5 Å². The molecule has 1 N–H and O–H groups in total. The Bertz CT molecular complexity index is 702. The lowest BCUT2D eigenvalue weighted by Gasteiger charge is -2.05. The summed E-state index contributed by atoms with van der Waals surface area (Å²) < 4.78 is 18.5. The zero-order valence-electron chi connectivity index (χ0n) is 12.9. The number of hydrogen-bond donors (Lipinski definition) is 1. The van der Waals surface area contributed by atoms with E-state index in [0.29, 0.717) is 10.6 Å². The molecule has 1 amide bonds. The van der Waals surface area contributed by atoms with Gasteiger partial charge in [-0.3, -0.25) is 4.79 Å². The summed E-state index contributed by atoms with van der Waals surface area (Å²) in [5.41, 5.74) is 4.03. The monoisotopic (exact) mass is 332 g/mol. The van der Waals surface area contributed by atoms with Crippen LogP contribution in [-0.4, -0.2) is 24.5 Å². The fraction of sp³-hybridized carbons (Fsp3) is 0.176. The predicted octanol–water partition coefficient (Wildman–Crippen LogP) is 3.47. The zero-order chi connectivity index (χ0) is 16.7. The fourth-order valence-electron chi connectivity index (χ4n) is 1.78. The van der Waals surface area contributed by atoms with Gasteiger partial charge in [0.15, 0.2) is 0 Å². The summed E-state index contributed by atoms with van der Waals surface area (Å²) in [5.74, 6) is 0.238. The second-order valence-corrected chi connectivity index (χ2v) is 5.70. The number of halogens is 1. The van der Waals surface area contributed by atoms with Crippen LogP contribution in [0.4, 0.5) is 4.39 Å². The van der Waals surface area contributed by atoms with Crippen LogP contribution in [0.1, 0.15) is 12.5 Å². The van der Waals surface area contributed by atoms with E-state index in [2.05, 4.69) is 10.5 Å². The molecule has 0 atom stereocenters. The van der Waals surface area contributed by atoms with Crippen molar-refractivity contribution in [3.05, 3.63) is 59.9 Å². The highest BCUT2D eigenvalue weighted by Crippen LogP contribution is 2.20. The third-order valence-corrected chi connectivity index (χ3v) is 4.10. The quantitative estimate of drug-likeness (QED) is 0.501. The van der Waals surface area contributed by atoms with Gasteiger partial charge in [-0.05, 0) is 48.9 Å². The van der Waals surface area contributed by atoms with Gasteiger partial charge in [-0.15, -0.1) is 11.8 Å². The largest absolute Gasteiger partial charge is 0.497 e. The highest BCUT2D eigenvalue weighted by molar-refractivity contribution is 8.00. The summed E-state index contributed by atoms with van der Waals surface area (Å²) in [6.07, 6.45) is 0. The molecule has 0 heterocycles. The SMILES string of the molecule is COc1ccc(/C(C)=N/NC(=O)CSc2ccccc2F)cc1. The molecule has 2 rings (SSSR count). The molecule has 6 heteroatoms. The maximum absolute atomic E-state index is 13.4. The van der Waals surface area contributed by atoms with Crippen LogP contribution in [0, 0.1) is 5.82 Å². The van der Waals surface area contributed by atoms with E-state index in [0.717, 1.165) is 23.1 Å². The van der Waals surface area contributed by atoms with Crippen LogP contribution >= 0.6 is 11.8 Å². The number of thioether (sulfide) groups is 1. The standard InChI is InChI=1S/C17H17FN2O2S/c1-12(13-7-9-14(22-2)10-8-13)19-20-17(21)11-23-16-6-4-3-5-15(16)18/h3-10H,11H2,1-2H3,(H,20,21)/b19-12+. The molecule has 2 aromatic carbocycles. The molecule has 0 spiro atoms. The maximum Gasteiger partial charge on any atom is 0.250 e. The number of rotatable bonds is 6. The summed E-state index contributed by atoms with van der Waals surface area (Å²) in [6.45, 7) is 1.80. The first kappa shape index (κ1) is 17.0. The first-order valence-corrected chi connectivity index (χ1v) is 7.93. The van der Waals surface area contributed by atoms with Crippen LogP contribution < -0.4 is 10.2 Å². The van der Waals surface area contributed by atoms with E-state index in [4.69, 9.17) is 4.74 Å². The minimum atomic E-state index is -0.330. The van der Waals surface area contributed by atoms with Gasteiger partial charge in [0.05, 0.1) is 18.6 Å². The number of methoxy groups -OCH3 is 1. The van der Waals surface area contributed by atoms with Crippen LogP contribution in [0.25, 0.3) is 0 Å². The Morgan fingerprint density at radius 1 is 1.22 bits per heavy atom. The van der Waals surface area contributed by atoms with Crippen molar-refractivity contribution >= 4 is 23.4 Å². The third-order valence-electron chi connectivity index (χ3n) is 3.05. The molecule has 120 valence electrons. The minimum Gasteiger partial charge on any atom is -0.497 e. The highest BCUT2D eigenvalue weighted by atomic mass is 32.2. The molecule has 23 heavy (non-hydrogen) atoms. The van der Waals surface area contributed by atoms with Crippen LogP contribution in [0.3, 0.4) is 0 Å². The summed E-state index contributed by atoms with van der Waals surface area (Å²) >= 11 is 1.13. The van der Waals surface area contributed by atoms with Gasteiger partial charge in [-0.25, -0.2) is 9.82 Å². The van der Waals surface area contributed by atoms with E-state index < -0.39 is 0 Å². The van der Waals surface area contributed by atoms with E-state index in [1.807, 2.05) is 24.3 Å². The lowest BCUT2D eigenvalue weighted by atomic mass is 10.1. The topological polar surface area (TPSA) is 50.7 Å². The number of hydrogen-bond acceptors (Lipinski definition) is 4. The summed E-state index contributed by atoms with van der Waals surface area (Å²) in [6, 6.07) is 13.7. The van der Waals surface area contributed by atoms with Crippen molar-refractivity contribution in [3.8, 4) is 5.75 Å². The lowest BCUT2D eigenvalue weighted by Crippen LogP contribution is -2.21. The smallest absolute Gasteiger partial charge is 0.250 e.